The zero-order valence-corrected chi connectivity index (χ0v) is 22.0. The van der Waals surface area contributed by atoms with Crippen LogP contribution in [-0.2, 0) is 9.53 Å². The Hall–Kier alpha value is -0.610. The first-order valence-corrected chi connectivity index (χ1v) is 12.1. The Morgan fingerprint density at radius 2 is 1.74 bits per heavy atom. The highest BCUT2D eigenvalue weighted by molar-refractivity contribution is 14.0. The molecule has 1 heterocycles. The molecule has 3 rings (SSSR count). The molecule has 7 nitrogen and oxygen atoms in total. The number of ether oxygens (including phenoxy) is 1. The van der Waals surface area contributed by atoms with Gasteiger partial charge in [-0.2, -0.15) is 0 Å². The molecule has 2 saturated carbocycles. The lowest BCUT2D eigenvalue weighted by Gasteiger charge is -2.36. The second-order valence-electron chi connectivity index (χ2n) is 9.45. The molecular weight excluding hydrogens is 505 g/mol. The van der Waals surface area contributed by atoms with E-state index in [4.69, 9.17) is 4.74 Å². The summed E-state index contributed by atoms with van der Waals surface area (Å²) in [5.74, 6) is 1.61. The molecule has 2 aliphatic carbocycles. The number of aliphatic imine (C=N–C) groups is 1. The van der Waals surface area contributed by atoms with Gasteiger partial charge in [-0.15, -0.1) is 24.0 Å². The maximum atomic E-state index is 12.6. The third kappa shape index (κ3) is 8.03. The third-order valence-corrected chi connectivity index (χ3v) is 7.46. The molecule has 2 N–H and O–H groups in total. The van der Waals surface area contributed by atoms with Crippen molar-refractivity contribution < 1.29 is 9.53 Å². The Balaban J connectivity index is 0.00000341. The van der Waals surface area contributed by atoms with E-state index in [0.717, 1.165) is 77.6 Å². The molecule has 180 valence electrons. The molecule has 0 aromatic rings. The fraction of sp³-hybridized carbons (Fsp3) is 0.913. The quantitative estimate of drug-likeness (QED) is 0.263. The number of nitrogens with one attached hydrogen (secondary N) is 2. The second-order valence-corrected chi connectivity index (χ2v) is 9.45. The van der Waals surface area contributed by atoms with Crippen LogP contribution in [0.3, 0.4) is 0 Å². The summed E-state index contributed by atoms with van der Waals surface area (Å²) >= 11 is 0. The highest BCUT2D eigenvalue weighted by Crippen LogP contribution is 2.40. The zero-order valence-electron chi connectivity index (χ0n) is 19.7. The van der Waals surface area contributed by atoms with Crippen molar-refractivity contribution in [1.82, 2.24) is 20.4 Å². The predicted octanol–water partition coefficient (Wildman–Crippen LogP) is 2.70. The van der Waals surface area contributed by atoms with E-state index in [-0.39, 0.29) is 24.0 Å². The number of methoxy groups -OCH3 is 1. The van der Waals surface area contributed by atoms with Crippen LogP contribution in [0, 0.1) is 11.3 Å². The van der Waals surface area contributed by atoms with Crippen molar-refractivity contribution in [3.63, 3.8) is 0 Å². The van der Waals surface area contributed by atoms with Crippen molar-refractivity contribution in [3.8, 4) is 0 Å². The molecule has 1 saturated heterocycles. The first kappa shape index (κ1) is 26.6. The Morgan fingerprint density at radius 1 is 1.06 bits per heavy atom. The molecule has 0 aromatic heterocycles. The lowest BCUT2D eigenvalue weighted by molar-refractivity contribution is -0.137. The summed E-state index contributed by atoms with van der Waals surface area (Å²) in [6, 6.07) is 0. The molecule has 0 bridgehead atoms. The van der Waals surface area contributed by atoms with E-state index in [0.29, 0.717) is 17.2 Å². The first-order chi connectivity index (χ1) is 14.7. The third-order valence-electron chi connectivity index (χ3n) is 7.46. The van der Waals surface area contributed by atoms with Gasteiger partial charge in [0.1, 0.15) is 0 Å². The number of guanidine groups is 1. The highest BCUT2D eigenvalue weighted by atomic mass is 127. The number of carbonyl (C=O) groups is 1. The molecule has 3 aliphatic rings. The van der Waals surface area contributed by atoms with Gasteiger partial charge in [0.25, 0.3) is 0 Å². The summed E-state index contributed by atoms with van der Waals surface area (Å²) < 4.78 is 5.34. The van der Waals surface area contributed by atoms with Crippen LogP contribution in [0.4, 0.5) is 0 Å². The first-order valence-electron chi connectivity index (χ1n) is 12.1. The minimum absolute atomic E-state index is 0. The Labute approximate surface area is 206 Å². The van der Waals surface area contributed by atoms with Gasteiger partial charge in [0.15, 0.2) is 5.96 Å². The largest absolute Gasteiger partial charge is 0.385 e. The van der Waals surface area contributed by atoms with Crippen molar-refractivity contribution in [2.45, 2.75) is 57.8 Å². The van der Waals surface area contributed by atoms with Gasteiger partial charge in [-0.1, -0.05) is 25.7 Å². The van der Waals surface area contributed by atoms with Crippen LogP contribution in [0.2, 0.25) is 0 Å². The van der Waals surface area contributed by atoms with Crippen LogP contribution in [0.5, 0.6) is 0 Å². The maximum Gasteiger partial charge on any atom is 0.225 e. The maximum absolute atomic E-state index is 12.6. The molecule has 1 aliphatic heterocycles. The van der Waals surface area contributed by atoms with Crippen molar-refractivity contribution in [3.05, 3.63) is 0 Å². The fourth-order valence-electron chi connectivity index (χ4n) is 5.41. The van der Waals surface area contributed by atoms with Crippen LogP contribution in [0.1, 0.15) is 57.8 Å². The van der Waals surface area contributed by atoms with E-state index in [2.05, 4.69) is 25.4 Å². The Morgan fingerprint density at radius 3 is 2.35 bits per heavy atom. The molecule has 31 heavy (non-hydrogen) atoms. The van der Waals surface area contributed by atoms with Gasteiger partial charge in [0.2, 0.25) is 5.91 Å². The number of hydrogen-bond acceptors (Lipinski definition) is 4. The topological polar surface area (TPSA) is 69.2 Å². The van der Waals surface area contributed by atoms with E-state index >= 15 is 0 Å². The number of carbonyl (C=O) groups excluding carboxylic acids is 1. The molecule has 8 heteroatoms. The normalized spacial score (nSPS) is 22.4. The summed E-state index contributed by atoms with van der Waals surface area (Å²) in [4.78, 5) is 21.6. The minimum Gasteiger partial charge on any atom is -0.385 e. The lowest BCUT2D eigenvalue weighted by Crippen LogP contribution is -2.52. The van der Waals surface area contributed by atoms with Crippen molar-refractivity contribution in [2.75, 3.05) is 66.6 Å². The SMILES string of the molecule is CN=C(NCCN1CCN(C(=O)C2CCCC2)CC1)NCC1(CCOC)CCCC1.I. The molecule has 0 unspecified atom stereocenters. The number of hydrogen-bond donors (Lipinski definition) is 2. The van der Waals surface area contributed by atoms with Crippen molar-refractivity contribution in [2.24, 2.45) is 16.3 Å². The van der Waals surface area contributed by atoms with Crippen LogP contribution >= 0.6 is 24.0 Å². The number of amides is 1. The summed E-state index contributed by atoms with van der Waals surface area (Å²) in [6.45, 7) is 7.39. The van der Waals surface area contributed by atoms with E-state index in [1.165, 1.54) is 38.5 Å². The monoisotopic (exact) mass is 549 g/mol. The van der Waals surface area contributed by atoms with Crippen LogP contribution < -0.4 is 10.6 Å². The van der Waals surface area contributed by atoms with Gasteiger partial charge in [-0.25, -0.2) is 0 Å². The van der Waals surface area contributed by atoms with Crippen molar-refractivity contribution >= 4 is 35.8 Å². The Bertz CT molecular complexity index is 554. The number of halogens is 1. The van der Waals surface area contributed by atoms with E-state index in [1.54, 1.807) is 7.11 Å². The molecule has 0 radical (unpaired) electrons. The number of nitrogens with zero attached hydrogens (tertiary/aromatic N) is 3. The lowest BCUT2D eigenvalue weighted by atomic mass is 9.83. The summed E-state index contributed by atoms with van der Waals surface area (Å²) in [6.07, 6.45) is 11.0. The molecular formula is C23H44IN5O2. The number of piperazine rings is 1. The van der Waals surface area contributed by atoms with Gasteiger partial charge < -0.3 is 20.3 Å². The number of rotatable bonds is 9. The molecule has 1 amide bonds. The smallest absolute Gasteiger partial charge is 0.225 e. The Kier molecular flexibility index (Phi) is 11.9. The average Bonchev–Trinajstić information content (AvgIpc) is 3.48. The standard InChI is InChI=1S/C23H43N5O2.HI/c1-24-22(26-19-23(11-18-30-2)9-5-6-10-23)25-12-13-27-14-16-28(17-15-27)21(29)20-7-3-4-8-20;/h20H,3-19H2,1-2H3,(H2,24,25,26);1H. The predicted molar refractivity (Wildman–Crippen MR) is 137 cm³/mol. The zero-order chi connectivity index (χ0) is 21.2. The second kappa shape index (κ2) is 13.8. The van der Waals surface area contributed by atoms with Gasteiger partial charge >= 0.3 is 0 Å². The molecule has 0 atom stereocenters. The van der Waals surface area contributed by atoms with Gasteiger partial charge in [0, 0.05) is 72.5 Å². The van der Waals surface area contributed by atoms with Crippen LogP contribution in [0.15, 0.2) is 4.99 Å². The van der Waals surface area contributed by atoms with Crippen LogP contribution in [0.25, 0.3) is 0 Å². The van der Waals surface area contributed by atoms with Gasteiger partial charge in [-0.3, -0.25) is 14.7 Å². The van der Waals surface area contributed by atoms with Gasteiger partial charge in [-0.05, 0) is 37.5 Å². The van der Waals surface area contributed by atoms with Crippen LogP contribution in [-0.4, -0.2) is 88.2 Å². The van der Waals surface area contributed by atoms with Crippen molar-refractivity contribution in [1.29, 1.82) is 0 Å². The summed E-state index contributed by atoms with van der Waals surface area (Å²) in [5.41, 5.74) is 0.357. The van der Waals surface area contributed by atoms with E-state index in [9.17, 15) is 4.79 Å². The fourth-order valence-corrected chi connectivity index (χ4v) is 5.41. The molecule has 0 spiro atoms. The molecule has 3 fully saturated rings. The minimum atomic E-state index is 0. The van der Waals surface area contributed by atoms with Gasteiger partial charge in [0.05, 0.1) is 0 Å². The summed E-state index contributed by atoms with van der Waals surface area (Å²) in [5, 5.41) is 7.04. The van der Waals surface area contributed by atoms with E-state index < -0.39 is 0 Å². The average molecular weight is 550 g/mol. The summed E-state index contributed by atoms with van der Waals surface area (Å²) in [7, 11) is 3.64. The van der Waals surface area contributed by atoms with E-state index in [1.807, 2.05) is 7.05 Å². The highest BCUT2D eigenvalue weighted by Gasteiger charge is 2.33. The molecule has 0 aromatic carbocycles.